The molecule has 0 atom stereocenters. The second-order valence-corrected chi connectivity index (χ2v) is 6.17. The van der Waals surface area contributed by atoms with Gasteiger partial charge in [-0.1, -0.05) is 6.92 Å². The van der Waals surface area contributed by atoms with Crippen LogP contribution in [0.1, 0.15) is 43.0 Å². The van der Waals surface area contributed by atoms with Crippen molar-refractivity contribution in [1.29, 1.82) is 0 Å². The standard InChI is InChI=1S/C15H21NO2S/c1-2-5-18-14-9-13(10-16-11-14)15(17)8-12-3-6-19-7-4-12/h9-12H,2-8H2,1H3. The van der Waals surface area contributed by atoms with Crippen LogP contribution < -0.4 is 4.74 Å². The Morgan fingerprint density at radius 2 is 2.21 bits per heavy atom. The fraction of sp³-hybridized carbons (Fsp3) is 0.600. The van der Waals surface area contributed by atoms with Crippen LogP contribution in [0.4, 0.5) is 0 Å². The Balaban J connectivity index is 1.93. The summed E-state index contributed by atoms with van der Waals surface area (Å²) in [5, 5.41) is 0. The van der Waals surface area contributed by atoms with Gasteiger partial charge in [0.2, 0.25) is 0 Å². The largest absolute Gasteiger partial charge is 0.492 e. The first-order valence-electron chi connectivity index (χ1n) is 6.98. The van der Waals surface area contributed by atoms with Crippen LogP contribution >= 0.6 is 11.8 Å². The third-order valence-electron chi connectivity index (χ3n) is 3.32. The molecule has 1 aromatic heterocycles. The topological polar surface area (TPSA) is 39.2 Å². The summed E-state index contributed by atoms with van der Waals surface area (Å²) in [7, 11) is 0. The molecule has 1 aliphatic rings. The first-order valence-corrected chi connectivity index (χ1v) is 8.14. The second-order valence-electron chi connectivity index (χ2n) is 4.94. The van der Waals surface area contributed by atoms with Gasteiger partial charge in [0.15, 0.2) is 5.78 Å². The molecule has 4 heteroatoms. The maximum Gasteiger partial charge on any atom is 0.164 e. The van der Waals surface area contributed by atoms with E-state index in [0.29, 0.717) is 30.3 Å². The first kappa shape index (κ1) is 14.4. The van der Waals surface area contributed by atoms with Crippen molar-refractivity contribution < 1.29 is 9.53 Å². The smallest absolute Gasteiger partial charge is 0.164 e. The maximum absolute atomic E-state index is 12.2. The van der Waals surface area contributed by atoms with E-state index in [1.165, 1.54) is 11.5 Å². The van der Waals surface area contributed by atoms with Gasteiger partial charge in [0.25, 0.3) is 0 Å². The van der Waals surface area contributed by atoms with E-state index < -0.39 is 0 Å². The molecule has 1 aliphatic heterocycles. The van der Waals surface area contributed by atoms with Crippen molar-refractivity contribution in [3.05, 3.63) is 24.0 Å². The van der Waals surface area contributed by atoms with Gasteiger partial charge in [-0.3, -0.25) is 9.78 Å². The fourth-order valence-electron chi connectivity index (χ4n) is 2.20. The molecule has 19 heavy (non-hydrogen) atoms. The average Bonchev–Trinajstić information content (AvgIpc) is 2.46. The minimum absolute atomic E-state index is 0.200. The van der Waals surface area contributed by atoms with Crippen LogP contribution in [-0.4, -0.2) is 28.9 Å². The molecule has 0 aromatic carbocycles. The van der Waals surface area contributed by atoms with E-state index in [9.17, 15) is 4.79 Å². The summed E-state index contributed by atoms with van der Waals surface area (Å²) in [5.74, 6) is 3.83. The monoisotopic (exact) mass is 279 g/mol. The third-order valence-corrected chi connectivity index (χ3v) is 4.37. The zero-order valence-electron chi connectivity index (χ0n) is 11.4. The highest BCUT2D eigenvalue weighted by molar-refractivity contribution is 7.99. The van der Waals surface area contributed by atoms with Crippen molar-refractivity contribution in [1.82, 2.24) is 4.98 Å². The number of ketones is 1. The fourth-order valence-corrected chi connectivity index (χ4v) is 3.40. The van der Waals surface area contributed by atoms with Crippen LogP contribution in [0, 0.1) is 5.92 Å². The molecule has 2 rings (SSSR count). The molecule has 104 valence electrons. The van der Waals surface area contributed by atoms with E-state index in [0.717, 1.165) is 19.3 Å². The van der Waals surface area contributed by atoms with Crippen LogP contribution in [0.15, 0.2) is 18.5 Å². The maximum atomic E-state index is 12.2. The molecule has 0 spiro atoms. The van der Waals surface area contributed by atoms with Gasteiger partial charge in [0.05, 0.1) is 12.8 Å². The molecule has 0 N–H and O–H groups in total. The van der Waals surface area contributed by atoms with Crippen molar-refractivity contribution >= 4 is 17.5 Å². The van der Waals surface area contributed by atoms with Crippen molar-refractivity contribution in [3.63, 3.8) is 0 Å². The lowest BCUT2D eigenvalue weighted by atomic mass is 9.94. The molecule has 0 amide bonds. The molecule has 0 bridgehead atoms. The van der Waals surface area contributed by atoms with Crippen LogP contribution in [-0.2, 0) is 0 Å². The van der Waals surface area contributed by atoms with Gasteiger partial charge in [0, 0.05) is 18.2 Å². The lowest BCUT2D eigenvalue weighted by Crippen LogP contribution is -2.14. The van der Waals surface area contributed by atoms with Gasteiger partial charge in [-0.15, -0.1) is 0 Å². The summed E-state index contributed by atoms with van der Waals surface area (Å²) in [6.45, 7) is 2.72. The summed E-state index contributed by atoms with van der Waals surface area (Å²) in [4.78, 5) is 16.3. The molecular weight excluding hydrogens is 258 g/mol. The molecule has 1 aromatic rings. The highest BCUT2D eigenvalue weighted by Gasteiger charge is 2.18. The van der Waals surface area contributed by atoms with E-state index in [1.807, 2.05) is 17.8 Å². The molecule has 0 radical (unpaired) electrons. The van der Waals surface area contributed by atoms with E-state index in [1.54, 1.807) is 12.4 Å². The number of aromatic nitrogens is 1. The first-order chi connectivity index (χ1) is 9.29. The highest BCUT2D eigenvalue weighted by atomic mass is 32.2. The third kappa shape index (κ3) is 4.53. The molecule has 1 saturated heterocycles. The number of carbonyl (C=O) groups is 1. The Morgan fingerprint density at radius 3 is 2.95 bits per heavy atom. The zero-order chi connectivity index (χ0) is 13.5. The molecular formula is C15H21NO2S. The molecule has 2 heterocycles. The number of ether oxygens (including phenoxy) is 1. The zero-order valence-corrected chi connectivity index (χ0v) is 12.2. The lowest BCUT2D eigenvalue weighted by molar-refractivity contribution is 0.0958. The second kappa shape index (κ2) is 7.53. The predicted molar refractivity (Wildman–Crippen MR) is 79.0 cm³/mol. The van der Waals surface area contributed by atoms with Gasteiger partial charge in [0.1, 0.15) is 5.75 Å². The Labute approximate surface area is 119 Å². The van der Waals surface area contributed by atoms with Crippen molar-refractivity contribution in [2.24, 2.45) is 5.92 Å². The summed E-state index contributed by atoms with van der Waals surface area (Å²) in [6, 6.07) is 1.82. The number of hydrogen-bond donors (Lipinski definition) is 0. The van der Waals surface area contributed by atoms with Gasteiger partial charge in [-0.05, 0) is 42.8 Å². The number of carbonyl (C=O) groups excluding carboxylic acids is 1. The Hall–Kier alpha value is -1.03. The number of hydrogen-bond acceptors (Lipinski definition) is 4. The van der Waals surface area contributed by atoms with E-state index >= 15 is 0 Å². The average molecular weight is 279 g/mol. The van der Waals surface area contributed by atoms with Crippen molar-refractivity contribution in [2.45, 2.75) is 32.6 Å². The summed E-state index contributed by atoms with van der Waals surface area (Å²) in [6.07, 6.45) is 7.26. The Bertz CT molecular complexity index is 416. The van der Waals surface area contributed by atoms with E-state index in [2.05, 4.69) is 11.9 Å². The van der Waals surface area contributed by atoms with Crippen LogP contribution in [0.5, 0.6) is 5.75 Å². The quantitative estimate of drug-likeness (QED) is 0.746. The normalized spacial score (nSPS) is 16.3. The van der Waals surface area contributed by atoms with Gasteiger partial charge >= 0.3 is 0 Å². The van der Waals surface area contributed by atoms with Crippen LogP contribution in [0.2, 0.25) is 0 Å². The molecule has 0 aliphatic carbocycles. The van der Waals surface area contributed by atoms with Crippen LogP contribution in [0.3, 0.4) is 0 Å². The van der Waals surface area contributed by atoms with Gasteiger partial charge < -0.3 is 4.74 Å². The summed E-state index contributed by atoms with van der Waals surface area (Å²) in [5.41, 5.74) is 0.687. The molecule has 0 unspecified atom stereocenters. The minimum Gasteiger partial charge on any atom is -0.492 e. The van der Waals surface area contributed by atoms with E-state index in [-0.39, 0.29) is 5.78 Å². The Morgan fingerprint density at radius 1 is 1.42 bits per heavy atom. The summed E-state index contributed by atoms with van der Waals surface area (Å²) < 4.78 is 5.52. The van der Waals surface area contributed by atoms with Crippen molar-refractivity contribution in [2.75, 3.05) is 18.1 Å². The van der Waals surface area contributed by atoms with Gasteiger partial charge in [-0.25, -0.2) is 0 Å². The van der Waals surface area contributed by atoms with E-state index in [4.69, 9.17) is 4.74 Å². The Kier molecular flexibility index (Phi) is 5.70. The number of thioether (sulfide) groups is 1. The number of rotatable bonds is 6. The number of nitrogens with zero attached hydrogens (tertiary/aromatic N) is 1. The highest BCUT2D eigenvalue weighted by Crippen LogP contribution is 2.26. The predicted octanol–water partition coefficient (Wildman–Crippen LogP) is 3.59. The molecule has 3 nitrogen and oxygen atoms in total. The molecule has 0 saturated carbocycles. The lowest BCUT2D eigenvalue weighted by Gasteiger charge is -2.20. The summed E-state index contributed by atoms with van der Waals surface area (Å²) >= 11 is 1.99. The number of Topliss-reactive ketones (excluding diaryl/α,β-unsaturated/α-hetero) is 1. The van der Waals surface area contributed by atoms with Gasteiger partial charge in [-0.2, -0.15) is 11.8 Å². The van der Waals surface area contributed by atoms with Crippen molar-refractivity contribution in [3.8, 4) is 5.75 Å². The SMILES string of the molecule is CCCOc1cncc(C(=O)CC2CCSCC2)c1. The molecule has 1 fully saturated rings. The minimum atomic E-state index is 0.200. The number of pyridine rings is 1. The van der Waals surface area contributed by atoms with Crippen LogP contribution in [0.25, 0.3) is 0 Å².